The summed E-state index contributed by atoms with van der Waals surface area (Å²) in [4.78, 5) is 8.61. The Morgan fingerprint density at radius 3 is 2.00 bits per heavy atom. The summed E-state index contributed by atoms with van der Waals surface area (Å²) in [6.45, 7) is 0.0701. The zero-order valence-corrected chi connectivity index (χ0v) is 9.36. The van der Waals surface area contributed by atoms with Crippen molar-refractivity contribution < 1.29 is 9.84 Å². The summed E-state index contributed by atoms with van der Waals surface area (Å²) < 4.78 is 5.08. The van der Waals surface area contributed by atoms with E-state index in [1.807, 2.05) is 36.4 Å². The number of hydrogen-bond donors (Lipinski definition) is 1. The zero-order chi connectivity index (χ0) is 11.9. The third-order valence-electron chi connectivity index (χ3n) is 2.47. The standard InChI is InChI=1S/C13H14N2O2/c16-10-17-9-11(12-5-1-3-7-14-12)13-6-2-4-8-15-13/h1-8,11,16H,9-10H2. The quantitative estimate of drug-likeness (QED) is 0.792. The molecule has 2 rings (SSSR count). The van der Waals surface area contributed by atoms with Crippen molar-refractivity contribution in [2.45, 2.75) is 5.92 Å². The molecule has 0 saturated heterocycles. The Kier molecular flexibility index (Phi) is 4.18. The number of nitrogens with zero attached hydrogens (tertiary/aromatic N) is 2. The van der Waals surface area contributed by atoms with Gasteiger partial charge in [-0.1, -0.05) is 12.1 Å². The number of aliphatic hydroxyl groups is 1. The minimum atomic E-state index is -0.295. The van der Waals surface area contributed by atoms with E-state index in [1.165, 1.54) is 0 Å². The van der Waals surface area contributed by atoms with Crippen LogP contribution in [0.25, 0.3) is 0 Å². The highest BCUT2D eigenvalue weighted by Crippen LogP contribution is 2.20. The topological polar surface area (TPSA) is 55.2 Å². The maximum atomic E-state index is 8.75. The second-order valence-electron chi connectivity index (χ2n) is 3.56. The fourth-order valence-electron chi connectivity index (χ4n) is 1.66. The van der Waals surface area contributed by atoms with Crippen LogP contribution in [0.1, 0.15) is 17.3 Å². The molecule has 17 heavy (non-hydrogen) atoms. The third kappa shape index (κ3) is 3.09. The summed E-state index contributed by atoms with van der Waals surface area (Å²) in [5.74, 6) is -0.0513. The Balaban J connectivity index is 2.26. The molecule has 2 heterocycles. The number of ether oxygens (including phenoxy) is 1. The number of pyridine rings is 2. The molecule has 0 unspecified atom stereocenters. The number of aromatic nitrogens is 2. The van der Waals surface area contributed by atoms with Gasteiger partial charge in [-0.25, -0.2) is 0 Å². The van der Waals surface area contributed by atoms with Gasteiger partial charge in [0.25, 0.3) is 0 Å². The summed E-state index contributed by atoms with van der Waals surface area (Å²) in [6.07, 6.45) is 3.48. The predicted molar refractivity (Wildman–Crippen MR) is 63.4 cm³/mol. The Morgan fingerprint density at radius 1 is 1.00 bits per heavy atom. The average molecular weight is 230 g/mol. The van der Waals surface area contributed by atoms with Crippen LogP contribution in [-0.4, -0.2) is 28.5 Å². The van der Waals surface area contributed by atoms with Crippen LogP contribution in [0.5, 0.6) is 0 Å². The summed E-state index contributed by atoms with van der Waals surface area (Å²) >= 11 is 0. The molecule has 0 aromatic carbocycles. The van der Waals surface area contributed by atoms with Crippen molar-refractivity contribution in [3.05, 3.63) is 60.2 Å². The van der Waals surface area contributed by atoms with Gasteiger partial charge >= 0.3 is 0 Å². The lowest BCUT2D eigenvalue weighted by Gasteiger charge is -2.15. The van der Waals surface area contributed by atoms with E-state index in [-0.39, 0.29) is 12.7 Å². The smallest absolute Gasteiger partial charge is 0.143 e. The Morgan fingerprint density at radius 2 is 1.59 bits per heavy atom. The van der Waals surface area contributed by atoms with Crippen molar-refractivity contribution in [3.63, 3.8) is 0 Å². The van der Waals surface area contributed by atoms with Gasteiger partial charge in [-0.15, -0.1) is 0 Å². The van der Waals surface area contributed by atoms with E-state index in [9.17, 15) is 0 Å². The Hall–Kier alpha value is -1.78. The van der Waals surface area contributed by atoms with E-state index in [4.69, 9.17) is 9.84 Å². The lowest BCUT2D eigenvalue weighted by atomic mass is 10.0. The molecule has 1 N–H and O–H groups in total. The molecule has 2 aromatic rings. The largest absolute Gasteiger partial charge is 0.371 e. The molecule has 0 radical (unpaired) electrons. The first kappa shape index (κ1) is 11.7. The van der Waals surface area contributed by atoms with Crippen LogP contribution in [0.3, 0.4) is 0 Å². The van der Waals surface area contributed by atoms with E-state index in [2.05, 4.69) is 9.97 Å². The molecular weight excluding hydrogens is 216 g/mol. The van der Waals surface area contributed by atoms with Crippen LogP contribution in [0.15, 0.2) is 48.8 Å². The number of hydrogen-bond acceptors (Lipinski definition) is 4. The van der Waals surface area contributed by atoms with E-state index in [1.54, 1.807) is 12.4 Å². The van der Waals surface area contributed by atoms with Crippen molar-refractivity contribution in [1.29, 1.82) is 0 Å². The van der Waals surface area contributed by atoms with Gasteiger partial charge in [0.2, 0.25) is 0 Å². The average Bonchev–Trinajstić information content (AvgIpc) is 2.42. The molecule has 2 aromatic heterocycles. The van der Waals surface area contributed by atoms with Gasteiger partial charge in [-0.2, -0.15) is 0 Å². The second-order valence-corrected chi connectivity index (χ2v) is 3.56. The maximum absolute atomic E-state index is 8.75. The highest BCUT2D eigenvalue weighted by Gasteiger charge is 2.16. The first-order valence-electron chi connectivity index (χ1n) is 5.42. The SMILES string of the molecule is OCOCC(c1ccccn1)c1ccccn1. The molecule has 0 fully saturated rings. The van der Waals surface area contributed by atoms with Gasteiger partial charge in [0.15, 0.2) is 0 Å². The normalized spacial score (nSPS) is 10.7. The maximum Gasteiger partial charge on any atom is 0.143 e. The van der Waals surface area contributed by atoms with Crippen LogP contribution in [0.4, 0.5) is 0 Å². The van der Waals surface area contributed by atoms with Gasteiger partial charge in [0.1, 0.15) is 6.79 Å². The molecule has 0 atom stereocenters. The molecule has 88 valence electrons. The zero-order valence-electron chi connectivity index (χ0n) is 9.36. The Bertz CT molecular complexity index is 394. The highest BCUT2D eigenvalue weighted by molar-refractivity contribution is 5.22. The van der Waals surface area contributed by atoms with Crippen LogP contribution in [-0.2, 0) is 4.74 Å². The number of aliphatic hydroxyl groups excluding tert-OH is 1. The summed E-state index contributed by atoms with van der Waals surface area (Å²) in [7, 11) is 0. The molecule has 0 aliphatic heterocycles. The van der Waals surface area contributed by atoms with E-state index >= 15 is 0 Å². The van der Waals surface area contributed by atoms with Crippen LogP contribution in [0.2, 0.25) is 0 Å². The van der Waals surface area contributed by atoms with E-state index in [0.717, 1.165) is 11.4 Å². The molecular formula is C13H14N2O2. The lowest BCUT2D eigenvalue weighted by molar-refractivity contribution is -0.00503. The van der Waals surface area contributed by atoms with Gasteiger partial charge in [-0.3, -0.25) is 9.97 Å². The highest BCUT2D eigenvalue weighted by atomic mass is 16.6. The third-order valence-corrected chi connectivity index (χ3v) is 2.47. The molecule has 0 bridgehead atoms. The summed E-state index contributed by atoms with van der Waals surface area (Å²) in [5, 5.41) is 8.75. The van der Waals surface area contributed by atoms with Gasteiger partial charge in [0.05, 0.1) is 23.9 Å². The van der Waals surface area contributed by atoms with Crippen molar-refractivity contribution >= 4 is 0 Å². The van der Waals surface area contributed by atoms with E-state index < -0.39 is 0 Å². The number of rotatable bonds is 5. The van der Waals surface area contributed by atoms with Crippen molar-refractivity contribution in [2.75, 3.05) is 13.4 Å². The van der Waals surface area contributed by atoms with Crippen molar-refractivity contribution in [2.24, 2.45) is 0 Å². The van der Waals surface area contributed by atoms with Gasteiger partial charge in [-0.05, 0) is 24.3 Å². The first-order chi connectivity index (χ1) is 8.42. The molecule has 0 aliphatic rings. The second kappa shape index (κ2) is 6.08. The Labute approximate surface area is 99.9 Å². The summed E-state index contributed by atoms with van der Waals surface area (Å²) in [6, 6.07) is 11.5. The van der Waals surface area contributed by atoms with Crippen LogP contribution >= 0.6 is 0 Å². The molecule has 0 aliphatic carbocycles. The first-order valence-corrected chi connectivity index (χ1v) is 5.42. The molecule has 0 saturated carbocycles. The fraction of sp³-hybridized carbons (Fsp3) is 0.231. The van der Waals surface area contributed by atoms with Gasteiger partial charge < -0.3 is 9.84 Å². The monoisotopic (exact) mass is 230 g/mol. The van der Waals surface area contributed by atoms with Crippen LogP contribution < -0.4 is 0 Å². The summed E-state index contributed by atoms with van der Waals surface area (Å²) in [5.41, 5.74) is 1.78. The van der Waals surface area contributed by atoms with Crippen molar-refractivity contribution in [3.8, 4) is 0 Å². The minimum absolute atomic E-state index is 0.0513. The molecule has 0 spiro atoms. The van der Waals surface area contributed by atoms with Crippen molar-refractivity contribution in [1.82, 2.24) is 9.97 Å². The van der Waals surface area contributed by atoms with Gasteiger partial charge in [0, 0.05) is 12.4 Å². The van der Waals surface area contributed by atoms with E-state index in [0.29, 0.717) is 6.61 Å². The predicted octanol–water partition coefficient (Wildman–Crippen LogP) is 1.57. The molecule has 4 nitrogen and oxygen atoms in total. The lowest BCUT2D eigenvalue weighted by Crippen LogP contribution is -2.12. The minimum Gasteiger partial charge on any atom is -0.371 e. The fourth-order valence-corrected chi connectivity index (χ4v) is 1.66. The molecule has 4 heteroatoms. The van der Waals surface area contributed by atoms with Crippen LogP contribution in [0, 0.1) is 0 Å². The molecule has 0 amide bonds.